The van der Waals surface area contributed by atoms with Crippen molar-refractivity contribution in [2.24, 2.45) is 0 Å². The maximum Gasteiger partial charge on any atom is 0.307 e. The Labute approximate surface area is 157 Å². The number of rotatable bonds is 7. The van der Waals surface area contributed by atoms with Crippen molar-refractivity contribution in [2.45, 2.75) is 33.0 Å². The summed E-state index contributed by atoms with van der Waals surface area (Å²) in [4.78, 5) is 38.3. The number of fused-ring (bicyclic) bond motifs is 1. The zero-order valence-corrected chi connectivity index (χ0v) is 15.3. The standard InChI is InChI=1S/C21H21NO5/c1-14(2)27-17-10-6-9-16-19(17)21(25)22(20(16)24)12-11-18(23)26-13-15-7-4-3-5-8-15/h3-10,14H,11-13H2,1-2H3. The largest absolute Gasteiger partial charge is 0.490 e. The van der Waals surface area contributed by atoms with Gasteiger partial charge in [0, 0.05) is 6.54 Å². The molecule has 140 valence electrons. The smallest absolute Gasteiger partial charge is 0.307 e. The van der Waals surface area contributed by atoms with E-state index in [1.165, 1.54) is 0 Å². The molecule has 6 heteroatoms. The SMILES string of the molecule is CC(C)Oc1cccc2c1C(=O)N(CCC(=O)OCc1ccccc1)C2=O. The van der Waals surface area contributed by atoms with Crippen molar-refractivity contribution in [3.05, 3.63) is 65.2 Å². The second-order valence-electron chi connectivity index (χ2n) is 6.50. The van der Waals surface area contributed by atoms with Gasteiger partial charge in [-0.3, -0.25) is 19.3 Å². The number of ether oxygens (including phenoxy) is 2. The van der Waals surface area contributed by atoms with E-state index in [0.29, 0.717) is 11.3 Å². The number of esters is 1. The fraction of sp³-hybridized carbons (Fsp3) is 0.286. The Bertz CT molecular complexity index is 860. The number of hydrogen-bond acceptors (Lipinski definition) is 5. The molecule has 1 aliphatic rings. The first-order valence-corrected chi connectivity index (χ1v) is 8.82. The number of imide groups is 1. The third-order valence-electron chi connectivity index (χ3n) is 4.11. The van der Waals surface area contributed by atoms with E-state index in [-0.39, 0.29) is 31.2 Å². The maximum absolute atomic E-state index is 12.7. The lowest BCUT2D eigenvalue weighted by atomic mass is 10.1. The van der Waals surface area contributed by atoms with Gasteiger partial charge in [-0.15, -0.1) is 0 Å². The van der Waals surface area contributed by atoms with Gasteiger partial charge in [-0.25, -0.2) is 0 Å². The topological polar surface area (TPSA) is 72.9 Å². The van der Waals surface area contributed by atoms with Crippen LogP contribution in [-0.2, 0) is 16.1 Å². The molecule has 0 fully saturated rings. The number of hydrogen-bond donors (Lipinski definition) is 0. The average Bonchev–Trinajstić information content (AvgIpc) is 2.90. The third kappa shape index (κ3) is 4.16. The second kappa shape index (κ2) is 8.03. The Kier molecular flexibility index (Phi) is 5.54. The lowest BCUT2D eigenvalue weighted by Gasteiger charge is -2.14. The van der Waals surface area contributed by atoms with Crippen LogP contribution >= 0.6 is 0 Å². The fourth-order valence-corrected chi connectivity index (χ4v) is 2.87. The molecule has 27 heavy (non-hydrogen) atoms. The summed E-state index contributed by atoms with van der Waals surface area (Å²) in [6.45, 7) is 3.83. The van der Waals surface area contributed by atoms with Gasteiger partial charge in [0.05, 0.1) is 23.7 Å². The van der Waals surface area contributed by atoms with E-state index in [0.717, 1.165) is 10.5 Å². The fourth-order valence-electron chi connectivity index (χ4n) is 2.87. The number of benzene rings is 2. The van der Waals surface area contributed by atoms with E-state index in [2.05, 4.69) is 0 Å². The molecule has 2 aromatic carbocycles. The van der Waals surface area contributed by atoms with E-state index in [1.807, 2.05) is 44.2 Å². The molecule has 2 aromatic rings. The van der Waals surface area contributed by atoms with E-state index >= 15 is 0 Å². The molecule has 0 saturated heterocycles. The van der Waals surface area contributed by atoms with Crippen molar-refractivity contribution in [2.75, 3.05) is 6.54 Å². The quantitative estimate of drug-likeness (QED) is 0.555. The van der Waals surface area contributed by atoms with Gasteiger partial charge in [0.2, 0.25) is 0 Å². The van der Waals surface area contributed by atoms with E-state index in [9.17, 15) is 14.4 Å². The Hall–Kier alpha value is -3.15. The van der Waals surface area contributed by atoms with Gasteiger partial charge in [0.25, 0.3) is 11.8 Å². The van der Waals surface area contributed by atoms with Gasteiger partial charge in [0.1, 0.15) is 12.4 Å². The van der Waals surface area contributed by atoms with Crippen LogP contribution in [0.15, 0.2) is 48.5 Å². The van der Waals surface area contributed by atoms with Gasteiger partial charge in [0.15, 0.2) is 0 Å². The van der Waals surface area contributed by atoms with Gasteiger partial charge < -0.3 is 9.47 Å². The predicted octanol–water partition coefficient (Wildman–Crippen LogP) is 3.20. The number of amides is 2. The number of carbonyl (C=O) groups excluding carboxylic acids is 3. The summed E-state index contributed by atoms with van der Waals surface area (Å²) in [5.41, 5.74) is 1.44. The Morgan fingerprint density at radius 2 is 1.74 bits per heavy atom. The summed E-state index contributed by atoms with van der Waals surface area (Å²) >= 11 is 0. The molecular weight excluding hydrogens is 346 g/mol. The lowest BCUT2D eigenvalue weighted by Crippen LogP contribution is -2.32. The Morgan fingerprint density at radius 1 is 1.00 bits per heavy atom. The molecule has 0 atom stereocenters. The highest BCUT2D eigenvalue weighted by atomic mass is 16.5. The molecular formula is C21H21NO5. The van der Waals surface area contributed by atoms with Crippen LogP contribution in [0, 0.1) is 0 Å². The zero-order valence-electron chi connectivity index (χ0n) is 15.3. The van der Waals surface area contributed by atoms with Crippen molar-refractivity contribution >= 4 is 17.8 Å². The summed E-state index contributed by atoms with van der Waals surface area (Å²) in [5.74, 6) is -0.939. The zero-order chi connectivity index (χ0) is 19.4. The molecule has 0 aliphatic carbocycles. The molecule has 6 nitrogen and oxygen atoms in total. The summed E-state index contributed by atoms with van der Waals surface area (Å²) < 4.78 is 10.8. The Balaban J connectivity index is 1.62. The van der Waals surface area contributed by atoms with Crippen molar-refractivity contribution < 1.29 is 23.9 Å². The highest BCUT2D eigenvalue weighted by Crippen LogP contribution is 2.31. The lowest BCUT2D eigenvalue weighted by molar-refractivity contribution is -0.145. The molecule has 0 saturated carbocycles. The van der Waals surface area contributed by atoms with Crippen LogP contribution in [-0.4, -0.2) is 35.3 Å². The molecule has 0 N–H and O–H groups in total. The molecule has 1 heterocycles. The molecule has 2 amide bonds. The highest BCUT2D eigenvalue weighted by Gasteiger charge is 2.38. The molecule has 0 aromatic heterocycles. The van der Waals surface area contributed by atoms with Crippen molar-refractivity contribution in [1.82, 2.24) is 4.90 Å². The molecule has 0 radical (unpaired) electrons. The van der Waals surface area contributed by atoms with Crippen LogP contribution in [0.25, 0.3) is 0 Å². The van der Waals surface area contributed by atoms with E-state index in [4.69, 9.17) is 9.47 Å². The van der Waals surface area contributed by atoms with E-state index in [1.54, 1.807) is 18.2 Å². The molecule has 0 spiro atoms. The van der Waals surface area contributed by atoms with Gasteiger partial charge in [-0.1, -0.05) is 36.4 Å². The molecule has 3 rings (SSSR count). The number of carbonyl (C=O) groups is 3. The Morgan fingerprint density at radius 3 is 2.44 bits per heavy atom. The highest BCUT2D eigenvalue weighted by molar-refractivity contribution is 6.22. The van der Waals surface area contributed by atoms with Gasteiger partial charge in [-0.05, 0) is 31.5 Å². The normalized spacial score (nSPS) is 13.1. The molecule has 1 aliphatic heterocycles. The monoisotopic (exact) mass is 367 g/mol. The van der Waals surface area contributed by atoms with Crippen LogP contribution in [0.2, 0.25) is 0 Å². The van der Waals surface area contributed by atoms with Gasteiger partial charge >= 0.3 is 5.97 Å². The molecule has 0 bridgehead atoms. The third-order valence-corrected chi connectivity index (χ3v) is 4.11. The summed E-state index contributed by atoms with van der Waals surface area (Å²) in [7, 11) is 0. The van der Waals surface area contributed by atoms with Crippen LogP contribution in [0.1, 0.15) is 46.5 Å². The average molecular weight is 367 g/mol. The number of nitrogens with zero attached hydrogens (tertiary/aromatic N) is 1. The summed E-state index contributed by atoms with van der Waals surface area (Å²) in [5, 5.41) is 0. The van der Waals surface area contributed by atoms with Gasteiger partial charge in [-0.2, -0.15) is 0 Å². The van der Waals surface area contributed by atoms with Crippen molar-refractivity contribution in [1.29, 1.82) is 0 Å². The predicted molar refractivity (Wildman–Crippen MR) is 98.4 cm³/mol. The van der Waals surface area contributed by atoms with Crippen LogP contribution in [0.3, 0.4) is 0 Å². The van der Waals surface area contributed by atoms with Crippen LogP contribution in [0.5, 0.6) is 5.75 Å². The first-order valence-electron chi connectivity index (χ1n) is 8.82. The van der Waals surface area contributed by atoms with Crippen molar-refractivity contribution in [3.63, 3.8) is 0 Å². The summed E-state index contributed by atoms with van der Waals surface area (Å²) in [6, 6.07) is 14.3. The first-order chi connectivity index (χ1) is 13.0. The first kappa shape index (κ1) is 18.6. The second-order valence-corrected chi connectivity index (χ2v) is 6.50. The minimum atomic E-state index is -0.464. The van der Waals surface area contributed by atoms with E-state index < -0.39 is 17.8 Å². The minimum Gasteiger partial charge on any atom is -0.490 e. The molecule has 0 unspecified atom stereocenters. The summed E-state index contributed by atoms with van der Waals surface area (Å²) in [6.07, 6.45) is -0.181. The minimum absolute atomic E-state index is 0.0267. The maximum atomic E-state index is 12.7. The van der Waals surface area contributed by atoms with Crippen LogP contribution < -0.4 is 4.74 Å². The van der Waals surface area contributed by atoms with Crippen LogP contribution in [0.4, 0.5) is 0 Å². The van der Waals surface area contributed by atoms with Crippen molar-refractivity contribution in [3.8, 4) is 5.75 Å².